The molecule has 0 aliphatic rings. The van der Waals surface area contributed by atoms with Crippen molar-refractivity contribution in [3.8, 4) is 11.5 Å². The van der Waals surface area contributed by atoms with Gasteiger partial charge in [0.15, 0.2) is 0 Å². The summed E-state index contributed by atoms with van der Waals surface area (Å²) in [5.74, 6) is -0.0113. The summed E-state index contributed by atoms with van der Waals surface area (Å²) in [6.07, 6.45) is 44.4. The Balaban J connectivity index is 0.000000835. The minimum atomic E-state index is -0.967. The summed E-state index contributed by atoms with van der Waals surface area (Å²) in [4.78, 5) is 69.9. The van der Waals surface area contributed by atoms with Crippen LogP contribution in [0.1, 0.15) is 263 Å². The van der Waals surface area contributed by atoms with E-state index in [4.69, 9.17) is 28.4 Å². The van der Waals surface area contributed by atoms with E-state index < -0.39 is 17.2 Å². The molecule has 0 fully saturated rings. The van der Waals surface area contributed by atoms with E-state index in [1.807, 2.05) is 27.7 Å². The first kappa shape index (κ1) is 75.4. The van der Waals surface area contributed by atoms with Crippen molar-refractivity contribution in [3.63, 3.8) is 0 Å². The topological polar surface area (TPSA) is 204 Å². The maximum absolute atomic E-state index is 12.6. The third kappa shape index (κ3) is 43.7. The minimum Gasteiger partial charge on any atom is -0.469 e. The van der Waals surface area contributed by atoms with Gasteiger partial charge in [0.25, 0.3) is 5.69 Å². The molecule has 15 nitrogen and oxygen atoms in total. The molecule has 2 aromatic rings. The number of methoxy groups -OCH3 is 1. The minimum absolute atomic E-state index is 0.0585. The Kier molecular flexibility index (Phi) is 46.3. The number of nitro benzene ring substituents is 1. The average molecular weight is 1160 g/mol. The molecule has 83 heavy (non-hydrogen) atoms. The fraction of sp³-hybridized carbons (Fsp3) is 0.691. The molecule has 470 valence electrons. The highest BCUT2D eigenvalue weighted by Gasteiger charge is 2.18. The van der Waals surface area contributed by atoms with Crippen LogP contribution in [0.15, 0.2) is 60.7 Å². The van der Waals surface area contributed by atoms with Crippen LogP contribution < -0.4 is 9.47 Å². The summed E-state index contributed by atoms with van der Waals surface area (Å²) < 4.78 is 30.9. The predicted molar refractivity (Wildman–Crippen MR) is 330 cm³/mol. The van der Waals surface area contributed by atoms with Crippen LogP contribution in [-0.2, 0) is 44.7 Å². The lowest BCUT2D eigenvalue weighted by molar-refractivity contribution is -0.384. The molecule has 0 radical (unpaired) electrons. The van der Waals surface area contributed by atoms with E-state index in [-0.39, 0.29) is 67.0 Å². The molecule has 15 heteroatoms. The standard InChI is InChI=1S/C39H72O5.C29H37NO9/c1-3-5-7-9-11-13-15-17-19-21-23-25-27-29-31-33-38(41)43-35-37(40)36-44-39(42)34-32-30-28-26-24-22-20-18-16-14-12-10-8-6-4-2;1-19(14-26(31)36-5)8-6-7-9-20(2)15-27(32)39-28-21(3)16-23(17-22(28)4)18-37-29(33)38-25-12-10-24(11-13-25)30(34)35/h17-20,37,40H,3-16,21-36H2,1-2H3;10-13,16-17,19-20H,6-9,14-15,18H2,1-5H3/b19-17-,20-18-;. The van der Waals surface area contributed by atoms with Crippen LogP contribution >= 0.6 is 0 Å². The lowest BCUT2D eigenvalue weighted by Gasteiger charge is -2.15. The highest BCUT2D eigenvalue weighted by molar-refractivity contribution is 5.74. The van der Waals surface area contributed by atoms with Gasteiger partial charge in [-0.25, -0.2) is 4.79 Å². The van der Waals surface area contributed by atoms with Crippen molar-refractivity contribution in [2.75, 3.05) is 20.3 Å². The lowest BCUT2D eigenvalue weighted by atomic mass is 9.96. The zero-order valence-corrected chi connectivity index (χ0v) is 52.4. The van der Waals surface area contributed by atoms with Gasteiger partial charge in [0.05, 0.1) is 12.0 Å². The second-order valence-corrected chi connectivity index (χ2v) is 22.6. The number of benzene rings is 2. The molecule has 0 aliphatic carbocycles. The third-order valence-corrected chi connectivity index (χ3v) is 14.4. The Morgan fingerprint density at radius 3 is 1.34 bits per heavy atom. The van der Waals surface area contributed by atoms with Gasteiger partial charge in [-0.1, -0.05) is 180 Å². The quantitative estimate of drug-likeness (QED) is 0.00957. The van der Waals surface area contributed by atoms with Gasteiger partial charge in [-0.3, -0.25) is 29.3 Å². The monoisotopic (exact) mass is 1160 g/mol. The number of hydrogen-bond acceptors (Lipinski definition) is 14. The summed E-state index contributed by atoms with van der Waals surface area (Å²) in [5.41, 5.74) is 2.05. The molecule has 0 saturated carbocycles. The predicted octanol–water partition coefficient (Wildman–Crippen LogP) is 18.1. The van der Waals surface area contributed by atoms with E-state index in [1.54, 1.807) is 12.1 Å². The molecule has 2 atom stereocenters. The molecule has 0 bridgehead atoms. The van der Waals surface area contributed by atoms with E-state index in [2.05, 4.69) is 38.2 Å². The smallest absolute Gasteiger partial charge is 0.469 e. The zero-order chi connectivity index (χ0) is 61.1. The maximum Gasteiger partial charge on any atom is 0.514 e. The normalized spacial score (nSPS) is 12.0. The van der Waals surface area contributed by atoms with Crippen molar-refractivity contribution in [1.29, 1.82) is 0 Å². The molecule has 2 rings (SSSR count). The van der Waals surface area contributed by atoms with Crippen molar-refractivity contribution in [1.82, 2.24) is 0 Å². The summed E-state index contributed by atoms with van der Waals surface area (Å²) in [5, 5.41) is 20.7. The molecular weight excluding hydrogens is 1050 g/mol. The summed E-state index contributed by atoms with van der Waals surface area (Å²) in [7, 11) is 1.40. The van der Waals surface area contributed by atoms with Gasteiger partial charge < -0.3 is 33.5 Å². The van der Waals surface area contributed by atoms with Gasteiger partial charge in [0, 0.05) is 37.8 Å². The fourth-order valence-electron chi connectivity index (χ4n) is 9.44. The van der Waals surface area contributed by atoms with Crippen molar-refractivity contribution in [3.05, 3.63) is 87.5 Å². The second-order valence-electron chi connectivity index (χ2n) is 22.6. The van der Waals surface area contributed by atoms with Gasteiger partial charge in [-0.05, 0) is 131 Å². The van der Waals surface area contributed by atoms with Crippen LogP contribution in [0.5, 0.6) is 11.5 Å². The van der Waals surface area contributed by atoms with Crippen LogP contribution in [0.2, 0.25) is 0 Å². The van der Waals surface area contributed by atoms with Crippen LogP contribution in [0, 0.1) is 35.8 Å². The zero-order valence-electron chi connectivity index (χ0n) is 52.4. The molecule has 1 N–H and O–H groups in total. The number of carbonyl (C=O) groups is 5. The first-order chi connectivity index (χ1) is 40.1. The summed E-state index contributed by atoms with van der Waals surface area (Å²) >= 11 is 0. The van der Waals surface area contributed by atoms with Crippen LogP contribution in [-0.4, -0.2) is 66.5 Å². The number of hydrogen-bond donors (Lipinski definition) is 1. The maximum atomic E-state index is 12.6. The molecule has 0 spiro atoms. The number of carbonyl (C=O) groups excluding carboxylic acids is 5. The number of allylic oxidation sites excluding steroid dienone is 4. The fourth-order valence-corrected chi connectivity index (χ4v) is 9.44. The Morgan fingerprint density at radius 1 is 0.530 bits per heavy atom. The van der Waals surface area contributed by atoms with E-state index in [9.17, 15) is 39.2 Å². The Labute approximate surface area is 499 Å². The van der Waals surface area contributed by atoms with E-state index in [0.29, 0.717) is 37.0 Å². The van der Waals surface area contributed by atoms with Gasteiger partial charge in [0.2, 0.25) is 0 Å². The largest absolute Gasteiger partial charge is 0.514 e. The SMILES string of the molecule is CCCCCCCC/C=C\CCCCCCCC(=O)OCC(O)COC(=O)CCCCCCC/C=C\CCCCCCCC.COC(=O)CC(C)CCCCC(C)CC(=O)Oc1c(C)cc(COC(=O)Oc2ccc([N+](=O)[O-])cc2)cc1C. The Morgan fingerprint density at radius 2 is 0.928 bits per heavy atom. The summed E-state index contributed by atoms with van der Waals surface area (Å²) in [6.45, 7) is 11.9. The summed E-state index contributed by atoms with van der Waals surface area (Å²) in [6, 6.07) is 8.62. The Hall–Kier alpha value is -5.57. The van der Waals surface area contributed by atoms with Crippen molar-refractivity contribution >= 4 is 35.7 Å². The van der Waals surface area contributed by atoms with Gasteiger partial charge >= 0.3 is 30.0 Å². The molecule has 0 heterocycles. The van der Waals surface area contributed by atoms with Crippen molar-refractivity contribution in [2.24, 2.45) is 11.8 Å². The number of rotatable bonds is 48. The highest BCUT2D eigenvalue weighted by Crippen LogP contribution is 2.27. The van der Waals surface area contributed by atoms with Gasteiger partial charge in [-0.15, -0.1) is 0 Å². The number of esters is 4. The third-order valence-electron chi connectivity index (χ3n) is 14.4. The van der Waals surface area contributed by atoms with E-state index >= 15 is 0 Å². The molecule has 2 aromatic carbocycles. The van der Waals surface area contributed by atoms with Gasteiger partial charge in [-0.2, -0.15) is 0 Å². The first-order valence-electron chi connectivity index (χ1n) is 31.8. The number of ether oxygens (including phenoxy) is 6. The van der Waals surface area contributed by atoms with E-state index in [0.717, 1.165) is 88.2 Å². The highest BCUT2D eigenvalue weighted by atomic mass is 16.7. The van der Waals surface area contributed by atoms with Crippen molar-refractivity contribution < 1.29 is 62.4 Å². The number of aryl methyl sites for hydroxylation is 2. The molecule has 0 amide bonds. The molecule has 0 saturated heterocycles. The molecular formula is C68H109NO14. The average Bonchev–Trinajstić information content (AvgIpc) is 3.58. The number of nitrogens with zero attached hydrogens (tertiary/aromatic N) is 1. The second kappa shape index (κ2) is 50.9. The molecule has 0 aliphatic heterocycles. The number of unbranched alkanes of at least 4 members (excludes halogenated alkanes) is 23. The van der Waals surface area contributed by atoms with Crippen LogP contribution in [0.25, 0.3) is 0 Å². The molecule has 2 unspecified atom stereocenters. The van der Waals surface area contributed by atoms with Crippen LogP contribution in [0.3, 0.4) is 0 Å². The number of aliphatic hydroxyl groups excluding tert-OH is 1. The van der Waals surface area contributed by atoms with E-state index in [1.165, 1.54) is 147 Å². The lowest BCUT2D eigenvalue weighted by Crippen LogP contribution is -2.25. The van der Waals surface area contributed by atoms with Crippen molar-refractivity contribution in [2.45, 2.75) is 273 Å². The number of aliphatic hydroxyl groups is 1. The Bertz CT molecular complexity index is 2020. The first-order valence-corrected chi connectivity index (χ1v) is 31.8. The number of non-ortho nitro benzene ring substituents is 1. The number of nitro groups is 1. The van der Waals surface area contributed by atoms with Gasteiger partial charge in [0.1, 0.15) is 37.4 Å². The van der Waals surface area contributed by atoms with Crippen LogP contribution in [0.4, 0.5) is 10.5 Å². The molecule has 0 aromatic heterocycles.